The van der Waals surface area contributed by atoms with Gasteiger partial charge in [-0.25, -0.2) is 0 Å². The quantitative estimate of drug-likeness (QED) is 0.879. The van der Waals surface area contributed by atoms with Crippen molar-refractivity contribution < 1.29 is 14.6 Å². The van der Waals surface area contributed by atoms with E-state index < -0.39 is 5.97 Å². The highest BCUT2D eigenvalue weighted by atomic mass is 35.5. The number of carbonyl (C=O) groups is 1. The van der Waals surface area contributed by atoms with Crippen molar-refractivity contribution >= 4 is 17.6 Å². The van der Waals surface area contributed by atoms with Crippen LogP contribution in [-0.4, -0.2) is 18.2 Å². The van der Waals surface area contributed by atoms with Crippen LogP contribution in [0.4, 0.5) is 0 Å². The third-order valence-electron chi connectivity index (χ3n) is 2.86. The van der Waals surface area contributed by atoms with Gasteiger partial charge in [-0.05, 0) is 43.9 Å². The highest BCUT2D eigenvalue weighted by Gasteiger charge is 2.12. The summed E-state index contributed by atoms with van der Waals surface area (Å²) < 4.78 is 5.32. The molecule has 1 aromatic carbocycles. The maximum Gasteiger partial charge on any atom is 0.303 e. The van der Waals surface area contributed by atoms with Gasteiger partial charge >= 0.3 is 5.97 Å². The van der Waals surface area contributed by atoms with Gasteiger partial charge in [-0.1, -0.05) is 11.6 Å². The van der Waals surface area contributed by atoms with E-state index in [4.69, 9.17) is 21.4 Å². The minimum Gasteiger partial charge on any atom is -0.496 e. The number of methoxy groups -OCH3 is 1. The van der Waals surface area contributed by atoms with E-state index in [9.17, 15) is 4.79 Å². The van der Waals surface area contributed by atoms with Crippen LogP contribution in [0.15, 0.2) is 6.07 Å². The number of ether oxygens (including phenoxy) is 1. The highest BCUT2D eigenvalue weighted by Crippen LogP contribution is 2.32. The van der Waals surface area contributed by atoms with Gasteiger partial charge < -0.3 is 9.84 Å². The molecule has 1 aromatic rings. The number of benzene rings is 1. The normalized spacial score (nSPS) is 10.4. The SMILES string of the molecule is COc1c(C)c(Cl)cc(CCCC(=O)O)c1C. The van der Waals surface area contributed by atoms with Crippen molar-refractivity contribution in [2.75, 3.05) is 7.11 Å². The lowest BCUT2D eigenvalue weighted by molar-refractivity contribution is -0.137. The Balaban J connectivity index is 2.93. The van der Waals surface area contributed by atoms with Gasteiger partial charge in [-0.3, -0.25) is 4.79 Å². The van der Waals surface area contributed by atoms with Gasteiger partial charge in [0.15, 0.2) is 0 Å². The molecule has 0 aliphatic carbocycles. The fourth-order valence-electron chi connectivity index (χ4n) is 1.90. The number of aryl methyl sites for hydroxylation is 1. The first-order chi connectivity index (χ1) is 7.97. The van der Waals surface area contributed by atoms with Crippen LogP contribution in [0.25, 0.3) is 0 Å². The molecule has 0 radical (unpaired) electrons. The fourth-order valence-corrected chi connectivity index (χ4v) is 2.12. The zero-order chi connectivity index (χ0) is 13.0. The Morgan fingerprint density at radius 1 is 1.41 bits per heavy atom. The molecule has 0 aliphatic rings. The summed E-state index contributed by atoms with van der Waals surface area (Å²) >= 11 is 6.11. The van der Waals surface area contributed by atoms with Crippen LogP contribution < -0.4 is 4.74 Å². The van der Waals surface area contributed by atoms with Crippen molar-refractivity contribution in [2.45, 2.75) is 33.1 Å². The molecule has 0 heterocycles. The number of hydrogen-bond acceptors (Lipinski definition) is 2. The Morgan fingerprint density at radius 2 is 2.06 bits per heavy atom. The van der Waals surface area contributed by atoms with E-state index in [1.807, 2.05) is 19.9 Å². The Hall–Kier alpha value is -1.22. The molecule has 0 unspecified atom stereocenters. The summed E-state index contributed by atoms with van der Waals surface area (Å²) in [5, 5.41) is 9.27. The van der Waals surface area contributed by atoms with Crippen molar-refractivity contribution in [3.8, 4) is 5.75 Å². The van der Waals surface area contributed by atoms with Crippen molar-refractivity contribution in [1.29, 1.82) is 0 Å². The molecule has 0 bridgehead atoms. The fraction of sp³-hybridized carbons (Fsp3) is 0.462. The minimum absolute atomic E-state index is 0.174. The lowest BCUT2D eigenvalue weighted by atomic mass is 9.99. The Bertz CT molecular complexity index is 427. The molecule has 17 heavy (non-hydrogen) atoms. The van der Waals surface area contributed by atoms with Gasteiger partial charge in [0.25, 0.3) is 0 Å². The summed E-state index contributed by atoms with van der Waals surface area (Å²) in [6.45, 7) is 3.88. The van der Waals surface area contributed by atoms with E-state index in [0.717, 1.165) is 22.4 Å². The van der Waals surface area contributed by atoms with E-state index >= 15 is 0 Å². The summed E-state index contributed by atoms with van der Waals surface area (Å²) in [5.41, 5.74) is 3.02. The maximum atomic E-state index is 10.5. The lowest BCUT2D eigenvalue weighted by Crippen LogP contribution is -2.00. The van der Waals surface area contributed by atoms with Gasteiger partial charge in [-0.2, -0.15) is 0 Å². The van der Waals surface area contributed by atoms with E-state index in [1.54, 1.807) is 7.11 Å². The number of hydrogen-bond donors (Lipinski definition) is 1. The number of halogens is 1. The number of rotatable bonds is 5. The van der Waals surface area contributed by atoms with Crippen molar-refractivity contribution in [3.63, 3.8) is 0 Å². The lowest BCUT2D eigenvalue weighted by Gasteiger charge is -2.14. The van der Waals surface area contributed by atoms with E-state index in [-0.39, 0.29) is 6.42 Å². The third kappa shape index (κ3) is 3.37. The average Bonchev–Trinajstić information content (AvgIpc) is 2.26. The van der Waals surface area contributed by atoms with Gasteiger partial charge in [0.05, 0.1) is 7.11 Å². The van der Waals surface area contributed by atoms with Gasteiger partial charge in [-0.15, -0.1) is 0 Å². The Labute approximate surface area is 106 Å². The summed E-state index contributed by atoms with van der Waals surface area (Å²) in [6, 6.07) is 1.90. The van der Waals surface area contributed by atoms with E-state index in [2.05, 4.69) is 0 Å². The molecular weight excluding hydrogens is 240 g/mol. The number of carboxylic acid groups (broad SMARTS) is 1. The van der Waals surface area contributed by atoms with Crippen molar-refractivity contribution in [1.82, 2.24) is 0 Å². The first kappa shape index (κ1) is 13.8. The molecular formula is C13H17ClO3. The van der Waals surface area contributed by atoms with Crippen molar-refractivity contribution in [2.24, 2.45) is 0 Å². The predicted molar refractivity (Wildman–Crippen MR) is 68.1 cm³/mol. The van der Waals surface area contributed by atoms with Gasteiger partial charge in [0.1, 0.15) is 5.75 Å². The van der Waals surface area contributed by atoms with Crippen LogP contribution in [0.1, 0.15) is 29.5 Å². The Kier molecular flexibility index (Phi) is 4.82. The number of carboxylic acids is 1. The monoisotopic (exact) mass is 256 g/mol. The molecule has 3 nitrogen and oxygen atoms in total. The standard InChI is InChI=1S/C13H17ClO3/c1-8-10(5-4-6-12(15)16)7-11(14)9(2)13(8)17-3/h7H,4-6H2,1-3H3,(H,15,16). The van der Waals surface area contributed by atoms with E-state index in [1.165, 1.54) is 0 Å². The molecule has 0 aromatic heterocycles. The molecule has 0 spiro atoms. The molecule has 4 heteroatoms. The topological polar surface area (TPSA) is 46.5 Å². The second kappa shape index (κ2) is 5.92. The second-order valence-electron chi connectivity index (χ2n) is 4.05. The molecule has 0 saturated carbocycles. The first-order valence-electron chi connectivity index (χ1n) is 5.51. The molecule has 0 aliphatic heterocycles. The minimum atomic E-state index is -0.771. The summed E-state index contributed by atoms with van der Waals surface area (Å²) in [6.07, 6.45) is 1.49. The van der Waals surface area contributed by atoms with Crippen LogP contribution in [0.2, 0.25) is 5.02 Å². The smallest absolute Gasteiger partial charge is 0.303 e. The highest BCUT2D eigenvalue weighted by molar-refractivity contribution is 6.31. The zero-order valence-electron chi connectivity index (χ0n) is 10.3. The molecule has 1 N–H and O–H groups in total. The van der Waals surface area contributed by atoms with Crippen molar-refractivity contribution in [3.05, 3.63) is 27.8 Å². The van der Waals surface area contributed by atoms with Crippen LogP contribution in [0, 0.1) is 13.8 Å². The largest absolute Gasteiger partial charge is 0.496 e. The summed E-state index contributed by atoms with van der Waals surface area (Å²) in [5.74, 6) is 0.0238. The maximum absolute atomic E-state index is 10.5. The summed E-state index contributed by atoms with van der Waals surface area (Å²) in [4.78, 5) is 10.5. The van der Waals surface area contributed by atoms with Crippen LogP contribution in [0.3, 0.4) is 0 Å². The van der Waals surface area contributed by atoms with E-state index in [0.29, 0.717) is 17.9 Å². The van der Waals surface area contributed by atoms with Gasteiger partial charge in [0, 0.05) is 17.0 Å². The number of aliphatic carboxylic acids is 1. The van der Waals surface area contributed by atoms with Gasteiger partial charge in [0.2, 0.25) is 0 Å². The molecule has 94 valence electrons. The second-order valence-corrected chi connectivity index (χ2v) is 4.46. The summed E-state index contributed by atoms with van der Waals surface area (Å²) in [7, 11) is 1.62. The molecule has 0 fully saturated rings. The Morgan fingerprint density at radius 3 is 2.59 bits per heavy atom. The average molecular weight is 257 g/mol. The molecule has 0 amide bonds. The van der Waals surface area contributed by atoms with Crippen LogP contribution >= 0.6 is 11.6 Å². The molecule has 0 atom stereocenters. The first-order valence-corrected chi connectivity index (χ1v) is 5.89. The zero-order valence-corrected chi connectivity index (χ0v) is 11.1. The molecule has 0 saturated heterocycles. The predicted octanol–water partition coefficient (Wildman–Crippen LogP) is 3.37. The van der Waals surface area contributed by atoms with Crippen LogP contribution in [-0.2, 0) is 11.2 Å². The molecule has 1 rings (SSSR count). The van der Waals surface area contributed by atoms with Crippen LogP contribution in [0.5, 0.6) is 5.75 Å². The third-order valence-corrected chi connectivity index (χ3v) is 3.26.